The summed E-state index contributed by atoms with van der Waals surface area (Å²) >= 11 is 5.72. The zero-order valence-corrected chi connectivity index (χ0v) is 10.5. The molecule has 1 rings (SSSR count). The molecule has 0 radical (unpaired) electrons. The number of nitrogens with two attached hydrogens (primary N) is 1. The number of rotatable bonds is 3. The lowest BCUT2D eigenvalue weighted by Crippen LogP contribution is -2.54. The van der Waals surface area contributed by atoms with Crippen molar-refractivity contribution in [1.29, 1.82) is 0 Å². The third-order valence-corrected chi connectivity index (χ3v) is 2.99. The van der Waals surface area contributed by atoms with Gasteiger partial charge in [-0.05, 0) is 24.6 Å². The van der Waals surface area contributed by atoms with Crippen LogP contribution in [0, 0.1) is 0 Å². The zero-order chi connectivity index (χ0) is 14.1. The van der Waals surface area contributed by atoms with Crippen LogP contribution in [0.4, 0.5) is 13.2 Å². The summed E-state index contributed by atoms with van der Waals surface area (Å²) < 4.78 is 43.7. The second kappa shape index (κ2) is 4.95. The van der Waals surface area contributed by atoms with Gasteiger partial charge in [-0.15, -0.1) is 0 Å². The van der Waals surface area contributed by atoms with Gasteiger partial charge in [-0.3, -0.25) is 0 Å². The predicted molar refractivity (Wildman–Crippen MR) is 61.6 cm³/mol. The average Bonchev–Trinajstić information content (AvgIpc) is 2.26. The minimum atomic E-state index is -4.90. The molecule has 0 aliphatic rings. The largest absolute Gasteiger partial charge is 0.495 e. The van der Waals surface area contributed by atoms with Crippen molar-refractivity contribution in [1.82, 2.24) is 0 Å². The van der Waals surface area contributed by atoms with Gasteiger partial charge in [-0.1, -0.05) is 17.7 Å². The fourth-order valence-electron chi connectivity index (χ4n) is 1.58. The summed E-state index contributed by atoms with van der Waals surface area (Å²) in [6.07, 6.45) is -4.90. The van der Waals surface area contributed by atoms with Crippen LogP contribution in [-0.2, 0) is 5.60 Å². The number of benzene rings is 1. The van der Waals surface area contributed by atoms with E-state index in [-0.39, 0.29) is 10.8 Å². The van der Waals surface area contributed by atoms with E-state index in [1.807, 2.05) is 0 Å². The molecule has 2 unspecified atom stereocenters. The van der Waals surface area contributed by atoms with E-state index in [0.717, 1.165) is 19.1 Å². The van der Waals surface area contributed by atoms with Crippen molar-refractivity contribution >= 4 is 11.6 Å². The first-order chi connectivity index (χ1) is 8.14. The van der Waals surface area contributed by atoms with Crippen LogP contribution in [0.2, 0.25) is 5.02 Å². The third kappa shape index (κ3) is 2.41. The van der Waals surface area contributed by atoms with Gasteiger partial charge in [-0.2, -0.15) is 13.2 Å². The molecule has 0 heterocycles. The highest BCUT2D eigenvalue weighted by molar-refractivity contribution is 6.32. The molecule has 0 aliphatic heterocycles. The molecule has 1 aromatic rings. The number of ether oxygens (including phenoxy) is 1. The van der Waals surface area contributed by atoms with E-state index in [2.05, 4.69) is 0 Å². The molecule has 18 heavy (non-hydrogen) atoms. The van der Waals surface area contributed by atoms with E-state index >= 15 is 0 Å². The van der Waals surface area contributed by atoms with Crippen LogP contribution in [0.25, 0.3) is 0 Å². The van der Waals surface area contributed by atoms with Crippen LogP contribution in [0.3, 0.4) is 0 Å². The molecular formula is C11H13ClF3NO2. The minimum Gasteiger partial charge on any atom is -0.495 e. The summed E-state index contributed by atoms with van der Waals surface area (Å²) in [5.74, 6) is 0.0393. The number of alkyl halides is 3. The van der Waals surface area contributed by atoms with Crippen molar-refractivity contribution in [3.63, 3.8) is 0 Å². The highest BCUT2D eigenvalue weighted by atomic mass is 35.5. The maximum absolute atomic E-state index is 13.0. The lowest BCUT2D eigenvalue weighted by Gasteiger charge is -2.34. The van der Waals surface area contributed by atoms with E-state index in [4.69, 9.17) is 22.1 Å². The second-order valence-electron chi connectivity index (χ2n) is 3.90. The van der Waals surface area contributed by atoms with E-state index in [1.54, 1.807) is 0 Å². The molecule has 0 saturated heterocycles. The van der Waals surface area contributed by atoms with Gasteiger partial charge >= 0.3 is 6.18 Å². The molecule has 0 saturated carbocycles. The molecule has 2 atom stereocenters. The van der Waals surface area contributed by atoms with Crippen molar-refractivity contribution < 1.29 is 23.0 Å². The Bertz CT molecular complexity index is 437. The van der Waals surface area contributed by atoms with Gasteiger partial charge in [0.05, 0.1) is 12.1 Å². The van der Waals surface area contributed by atoms with Crippen LogP contribution in [-0.4, -0.2) is 24.4 Å². The Morgan fingerprint density at radius 1 is 1.39 bits per heavy atom. The first kappa shape index (κ1) is 15.1. The van der Waals surface area contributed by atoms with Crippen molar-refractivity contribution in [2.45, 2.75) is 24.7 Å². The molecule has 7 heteroatoms. The van der Waals surface area contributed by atoms with Crippen molar-refractivity contribution in [2.24, 2.45) is 5.73 Å². The van der Waals surface area contributed by atoms with Crippen LogP contribution < -0.4 is 10.5 Å². The number of aliphatic hydroxyl groups is 1. The Morgan fingerprint density at radius 3 is 2.33 bits per heavy atom. The van der Waals surface area contributed by atoms with Gasteiger partial charge in [0, 0.05) is 6.04 Å². The standard InChI is InChI=1S/C11H13ClF3NO2/c1-6(16)10(17,11(13,14)15)7-3-4-8(12)9(5-7)18-2/h3-6,17H,16H2,1-2H3. The Morgan fingerprint density at radius 2 is 1.94 bits per heavy atom. The summed E-state index contributed by atoms with van der Waals surface area (Å²) in [6, 6.07) is 1.78. The fourth-order valence-corrected chi connectivity index (χ4v) is 1.78. The Hall–Kier alpha value is -0.980. The Labute approximate surface area is 107 Å². The highest BCUT2D eigenvalue weighted by Gasteiger charge is 2.57. The highest BCUT2D eigenvalue weighted by Crippen LogP contribution is 2.42. The van der Waals surface area contributed by atoms with Gasteiger partial charge in [0.1, 0.15) is 5.75 Å². The minimum absolute atomic E-state index is 0.0393. The molecule has 102 valence electrons. The summed E-state index contributed by atoms with van der Waals surface area (Å²) in [4.78, 5) is 0. The van der Waals surface area contributed by atoms with Crippen LogP contribution >= 0.6 is 11.6 Å². The quantitative estimate of drug-likeness (QED) is 0.896. The topological polar surface area (TPSA) is 55.5 Å². The predicted octanol–water partition coefficient (Wildman–Crippen LogP) is 2.45. The number of hydrogen-bond donors (Lipinski definition) is 2. The first-order valence-electron chi connectivity index (χ1n) is 5.03. The smallest absolute Gasteiger partial charge is 0.422 e. The van der Waals surface area contributed by atoms with Gasteiger partial charge < -0.3 is 15.6 Å². The van der Waals surface area contributed by atoms with Gasteiger partial charge in [0.15, 0.2) is 0 Å². The molecule has 3 nitrogen and oxygen atoms in total. The molecule has 1 aromatic carbocycles. The molecule has 0 spiro atoms. The maximum Gasteiger partial charge on any atom is 0.422 e. The summed E-state index contributed by atoms with van der Waals surface area (Å²) in [5.41, 5.74) is 1.72. The van der Waals surface area contributed by atoms with Crippen molar-refractivity contribution in [2.75, 3.05) is 7.11 Å². The monoisotopic (exact) mass is 283 g/mol. The third-order valence-electron chi connectivity index (χ3n) is 2.68. The number of halogens is 4. The zero-order valence-electron chi connectivity index (χ0n) is 9.75. The lowest BCUT2D eigenvalue weighted by molar-refractivity contribution is -0.272. The molecule has 3 N–H and O–H groups in total. The number of methoxy groups -OCH3 is 1. The summed E-state index contributed by atoms with van der Waals surface area (Å²) in [5, 5.41) is 10.0. The van der Waals surface area contributed by atoms with Crippen molar-refractivity contribution in [3.05, 3.63) is 28.8 Å². The Balaban J connectivity index is 3.41. The van der Waals surface area contributed by atoms with E-state index in [0.29, 0.717) is 0 Å². The lowest BCUT2D eigenvalue weighted by atomic mass is 9.87. The Kier molecular flexibility index (Phi) is 4.15. The SMILES string of the molecule is COc1cc(C(O)(C(C)N)C(F)(F)F)ccc1Cl. The first-order valence-corrected chi connectivity index (χ1v) is 5.41. The average molecular weight is 284 g/mol. The second-order valence-corrected chi connectivity index (χ2v) is 4.31. The van der Waals surface area contributed by atoms with Crippen molar-refractivity contribution in [3.8, 4) is 5.75 Å². The molecule has 0 amide bonds. The van der Waals surface area contributed by atoms with Crippen LogP contribution in [0.15, 0.2) is 18.2 Å². The van der Waals surface area contributed by atoms with Gasteiger partial charge in [0.25, 0.3) is 0 Å². The molecule has 0 fully saturated rings. The molecular weight excluding hydrogens is 271 g/mol. The maximum atomic E-state index is 13.0. The molecule has 0 bridgehead atoms. The normalized spacial score (nSPS) is 17.1. The molecule has 0 aliphatic carbocycles. The van der Waals surface area contributed by atoms with Gasteiger partial charge in [-0.25, -0.2) is 0 Å². The number of hydrogen-bond acceptors (Lipinski definition) is 3. The van der Waals surface area contributed by atoms with Crippen LogP contribution in [0.1, 0.15) is 12.5 Å². The summed E-state index contributed by atoms with van der Waals surface area (Å²) in [7, 11) is 1.27. The molecule has 0 aromatic heterocycles. The van der Waals surface area contributed by atoms with Gasteiger partial charge in [0.2, 0.25) is 5.60 Å². The van der Waals surface area contributed by atoms with E-state index in [1.165, 1.54) is 13.2 Å². The summed E-state index contributed by atoms with van der Waals surface area (Å²) in [6.45, 7) is 1.08. The van der Waals surface area contributed by atoms with E-state index in [9.17, 15) is 18.3 Å². The van der Waals surface area contributed by atoms with E-state index < -0.39 is 23.4 Å². The van der Waals surface area contributed by atoms with Crippen LogP contribution in [0.5, 0.6) is 5.75 Å². The fraction of sp³-hybridized carbons (Fsp3) is 0.455.